The van der Waals surface area contributed by atoms with Gasteiger partial charge in [0.05, 0.1) is 4.47 Å². The molecule has 3 heteroatoms. The van der Waals surface area contributed by atoms with Crippen LogP contribution in [-0.4, -0.2) is 0 Å². The first-order valence-electron chi connectivity index (χ1n) is 5.30. The molecule has 1 heterocycles. The summed E-state index contributed by atoms with van der Waals surface area (Å²) in [6.07, 6.45) is 2.19. The maximum absolute atomic E-state index is 14.0. The monoisotopic (exact) mass is 280 g/mol. The fourth-order valence-electron chi connectivity index (χ4n) is 1.79. The number of benzene rings is 1. The van der Waals surface area contributed by atoms with Crippen molar-refractivity contribution in [2.24, 2.45) is 0 Å². The molecule has 1 fully saturated rings. The van der Waals surface area contributed by atoms with Gasteiger partial charge in [0.2, 0.25) is 0 Å². The highest BCUT2D eigenvalue weighted by molar-refractivity contribution is 9.10. The number of hydrogen-bond donors (Lipinski definition) is 0. The van der Waals surface area contributed by atoms with E-state index < -0.39 is 0 Å². The summed E-state index contributed by atoms with van der Waals surface area (Å²) in [4.78, 5) is 0. The van der Waals surface area contributed by atoms with Crippen molar-refractivity contribution >= 4 is 15.9 Å². The Balaban J connectivity index is 2.11. The van der Waals surface area contributed by atoms with E-state index in [9.17, 15) is 4.39 Å². The molecule has 16 heavy (non-hydrogen) atoms. The van der Waals surface area contributed by atoms with Gasteiger partial charge in [0.15, 0.2) is 11.6 Å². The van der Waals surface area contributed by atoms with Crippen LogP contribution in [-0.2, 0) is 0 Å². The minimum atomic E-state index is -0.284. The molecule has 0 N–H and O–H groups in total. The summed E-state index contributed by atoms with van der Waals surface area (Å²) >= 11 is 3.27. The number of furan rings is 1. The molecule has 1 aromatic heterocycles. The summed E-state index contributed by atoms with van der Waals surface area (Å²) in [6, 6.07) is 9.36. The van der Waals surface area contributed by atoms with Gasteiger partial charge in [-0.25, -0.2) is 4.39 Å². The van der Waals surface area contributed by atoms with Crippen molar-refractivity contribution in [2.75, 3.05) is 0 Å². The fourth-order valence-corrected chi connectivity index (χ4v) is 2.38. The fraction of sp³-hybridized carbons (Fsp3) is 0.231. The second kappa shape index (κ2) is 3.74. The van der Waals surface area contributed by atoms with Crippen molar-refractivity contribution in [1.29, 1.82) is 0 Å². The van der Waals surface area contributed by atoms with Crippen LogP contribution in [0.4, 0.5) is 4.39 Å². The number of hydrogen-bond acceptors (Lipinski definition) is 1. The van der Waals surface area contributed by atoms with Gasteiger partial charge in [-0.15, -0.1) is 0 Å². The van der Waals surface area contributed by atoms with Gasteiger partial charge >= 0.3 is 0 Å². The summed E-state index contributed by atoms with van der Waals surface area (Å²) in [6.45, 7) is 0. The molecule has 0 unspecified atom stereocenters. The van der Waals surface area contributed by atoms with E-state index in [1.807, 2.05) is 30.3 Å². The lowest BCUT2D eigenvalue weighted by atomic mass is 10.2. The minimum absolute atomic E-state index is 0.284. The Morgan fingerprint density at radius 1 is 1.19 bits per heavy atom. The molecule has 3 rings (SSSR count). The molecule has 0 amide bonds. The number of rotatable bonds is 2. The minimum Gasteiger partial charge on any atom is -0.456 e. The van der Waals surface area contributed by atoms with E-state index in [0.717, 1.165) is 24.2 Å². The topological polar surface area (TPSA) is 13.1 Å². The normalized spacial score (nSPS) is 15.4. The molecule has 0 atom stereocenters. The third-order valence-corrected chi connectivity index (χ3v) is 3.54. The van der Waals surface area contributed by atoms with E-state index in [-0.39, 0.29) is 5.82 Å². The number of halogens is 2. The van der Waals surface area contributed by atoms with Crippen LogP contribution in [0.15, 0.2) is 39.2 Å². The van der Waals surface area contributed by atoms with Crippen molar-refractivity contribution in [3.8, 4) is 11.3 Å². The van der Waals surface area contributed by atoms with Crippen molar-refractivity contribution < 1.29 is 8.81 Å². The highest BCUT2D eigenvalue weighted by atomic mass is 79.9. The molecule has 82 valence electrons. The van der Waals surface area contributed by atoms with Gasteiger partial charge in [-0.05, 0) is 28.8 Å². The predicted molar refractivity (Wildman–Crippen MR) is 63.8 cm³/mol. The van der Waals surface area contributed by atoms with E-state index in [1.54, 1.807) is 0 Å². The molecule has 0 aliphatic heterocycles. The van der Waals surface area contributed by atoms with Crippen LogP contribution < -0.4 is 0 Å². The predicted octanol–water partition coefficient (Wildman–Crippen LogP) is 4.73. The van der Waals surface area contributed by atoms with Crippen LogP contribution in [0.5, 0.6) is 0 Å². The zero-order chi connectivity index (χ0) is 11.1. The van der Waals surface area contributed by atoms with Crippen LogP contribution in [0.2, 0.25) is 0 Å². The molecule has 0 saturated heterocycles. The van der Waals surface area contributed by atoms with Gasteiger partial charge in [-0.1, -0.05) is 30.3 Å². The average Bonchev–Trinajstić information content (AvgIpc) is 3.10. The first kappa shape index (κ1) is 10.1. The molecule has 0 bridgehead atoms. The maximum Gasteiger partial charge on any atom is 0.183 e. The van der Waals surface area contributed by atoms with E-state index in [4.69, 9.17) is 4.42 Å². The highest BCUT2D eigenvalue weighted by Crippen LogP contribution is 2.47. The lowest BCUT2D eigenvalue weighted by molar-refractivity contribution is 0.510. The molecule has 0 spiro atoms. The molecular formula is C13H10BrFO. The molecule has 0 radical (unpaired) electrons. The van der Waals surface area contributed by atoms with Gasteiger partial charge < -0.3 is 4.42 Å². The van der Waals surface area contributed by atoms with Crippen LogP contribution in [0.25, 0.3) is 11.3 Å². The van der Waals surface area contributed by atoms with Crippen molar-refractivity contribution in [3.63, 3.8) is 0 Å². The van der Waals surface area contributed by atoms with Gasteiger partial charge in [0.1, 0.15) is 5.76 Å². The third-order valence-electron chi connectivity index (χ3n) is 2.80. The Labute approximate surface area is 101 Å². The van der Waals surface area contributed by atoms with Crippen LogP contribution in [0.1, 0.15) is 24.5 Å². The van der Waals surface area contributed by atoms with E-state index >= 15 is 0 Å². The van der Waals surface area contributed by atoms with Crippen LogP contribution >= 0.6 is 15.9 Å². The maximum atomic E-state index is 14.0. The lowest BCUT2D eigenvalue weighted by Crippen LogP contribution is -1.77. The molecule has 1 aromatic carbocycles. The first-order chi connectivity index (χ1) is 7.77. The van der Waals surface area contributed by atoms with Gasteiger partial charge in [0.25, 0.3) is 0 Å². The third kappa shape index (κ3) is 1.59. The Bertz CT molecular complexity index is 514. The summed E-state index contributed by atoms with van der Waals surface area (Å²) in [5.41, 5.74) is 0.785. The van der Waals surface area contributed by atoms with E-state index in [0.29, 0.717) is 16.2 Å². The first-order valence-corrected chi connectivity index (χ1v) is 6.10. The molecule has 2 aromatic rings. The van der Waals surface area contributed by atoms with E-state index in [2.05, 4.69) is 15.9 Å². The van der Waals surface area contributed by atoms with Gasteiger partial charge in [-0.3, -0.25) is 0 Å². The average molecular weight is 281 g/mol. The molecular weight excluding hydrogens is 271 g/mol. The summed E-state index contributed by atoms with van der Waals surface area (Å²) in [5, 5.41) is 0. The molecule has 1 saturated carbocycles. The SMILES string of the molecule is Fc1c(-c2ccccc2)oc(C2CC2)c1Br. The Morgan fingerprint density at radius 3 is 2.50 bits per heavy atom. The Morgan fingerprint density at radius 2 is 1.88 bits per heavy atom. The largest absolute Gasteiger partial charge is 0.456 e. The molecule has 1 aliphatic carbocycles. The zero-order valence-electron chi connectivity index (χ0n) is 8.54. The Hall–Kier alpha value is -1.09. The second-order valence-electron chi connectivity index (χ2n) is 4.06. The van der Waals surface area contributed by atoms with Gasteiger partial charge in [-0.2, -0.15) is 0 Å². The zero-order valence-corrected chi connectivity index (χ0v) is 10.1. The quantitative estimate of drug-likeness (QED) is 0.775. The smallest absolute Gasteiger partial charge is 0.183 e. The summed E-state index contributed by atoms with van der Waals surface area (Å²) in [7, 11) is 0. The summed E-state index contributed by atoms with van der Waals surface area (Å²) < 4.78 is 20.1. The van der Waals surface area contributed by atoms with Gasteiger partial charge in [0, 0.05) is 11.5 Å². The van der Waals surface area contributed by atoms with Crippen molar-refractivity contribution in [1.82, 2.24) is 0 Å². The van der Waals surface area contributed by atoms with Crippen molar-refractivity contribution in [3.05, 3.63) is 46.4 Å². The highest BCUT2D eigenvalue weighted by Gasteiger charge is 2.32. The lowest BCUT2D eigenvalue weighted by Gasteiger charge is -1.95. The molecule has 1 aliphatic rings. The van der Waals surface area contributed by atoms with E-state index in [1.165, 1.54) is 0 Å². The Kier molecular flexibility index (Phi) is 2.36. The molecule has 1 nitrogen and oxygen atoms in total. The van der Waals surface area contributed by atoms with Crippen LogP contribution in [0, 0.1) is 5.82 Å². The van der Waals surface area contributed by atoms with Crippen molar-refractivity contribution in [2.45, 2.75) is 18.8 Å². The second-order valence-corrected chi connectivity index (χ2v) is 4.86. The standard InChI is InChI=1S/C13H10BrFO/c14-10-11(15)13(8-4-2-1-3-5-8)16-12(10)9-6-7-9/h1-5,9H,6-7H2. The summed E-state index contributed by atoms with van der Waals surface area (Å²) in [5.74, 6) is 1.22. The van der Waals surface area contributed by atoms with Crippen LogP contribution in [0.3, 0.4) is 0 Å².